The van der Waals surface area contributed by atoms with Crippen LogP contribution in [0.2, 0.25) is 0 Å². The van der Waals surface area contributed by atoms with E-state index in [-0.39, 0.29) is 6.61 Å². The van der Waals surface area contributed by atoms with Gasteiger partial charge in [0.2, 0.25) is 0 Å². The summed E-state index contributed by atoms with van der Waals surface area (Å²) in [5.74, 6) is -1.14. The number of ether oxygens (including phenoxy) is 1. The summed E-state index contributed by atoms with van der Waals surface area (Å²) >= 11 is 4.50. The van der Waals surface area contributed by atoms with Gasteiger partial charge in [0, 0.05) is 4.88 Å². The molecule has 0 bridgehead atoms. The van der Waals surface area contributed by atoms with Crippen molar-refractivity contribution >= 4 is 39.3 Å². The molecule has 0 saturated carbocycles. The van der Waals surface area contributed by atoms with E-state index in [9.17, 15) is 14.7 Å². The number of carbonyl (C=O) groups is 2. The molecule has 0 fully saturated rings. The molecule has 1 heterocycles. The maximum atomic E-state index is 11.7. The third-order valence-electron chi connectivity index (χ3n) is 2.60. The Bertz CT molecular complexity index is 629. The first kappa shape index (κ1) is 15.5. The normalized spacial score (nSPS) is 11.7. The predicted molar refractivity (Wildman–Crippen MR) is 82.2 cm³/mol. The maximum absolute atomic E-state index is 11.7. The van der Waals surface area contributed by atoms with E-state index in [1.54, 1.807) is 12.1 Å². The van der Waals surface area contributed by atoms with Crippen LogP contribution in [0.15, 0.2) is 46.3 Å². The monoisotopic (exact) mass is 369 g/mol. The lowest BCUT2D eigenvalue weighted by Gasteiger charge is -2.13. The molecule has 1 aromatic carbocycles. The molecule has 1 amide bonds. The molecule has 0 saturated heterocycles. The van der Waals surface area contributed by atoms with Gasteiger partial charge in [-0.25, -0.2) is 9.59 Å². The van der Waals surface area contributed by atoms with Crippen LogP contribution < -0.4 is 5.32 Å². The van der Waals surface area contributed by atoms with Crippen molar-refractivity contribution in [3.8, 4) is 0 Å². The molecule has 0 radical (unpaired) electrons. The second-order valence-electron chi connectivity index (χ2n) is 4.12. The standard InChI is InChI=1S/C14H12BrNO4S/c15-11-7-6-10(21-11)12(13(17)18)16-14(19)20-8-9-4-2-1-3-5-9/h1-7,12H,8H2,(H,16,19)(H,17,18). The summed E-state index contributed by atoms with van der Waals surface area (Å²) in [5, 5.41) is 11.5. The lowest BCUT2D eigenvalue weighted by atomic mass is 10.2. The van der Waals surface area contributed by atoms with E-state index in [1.165, 1.54) is 11.3 Å². The van der Waals surface area contributed by atoms with Crippen molar-refractivity contribution in [3.05, 3.63) is 56.7 Å². The van der Waals surface area contributed by atoms with Crippen LogP contribution in [0, 0.1) is 0 Å². The number of hydrogen-bond acceptors (Lipinski definition) is 4. The molecule has 110 valence electrons. The Labute approximate surface area is 133 Å². The van der Waals surface area contributed by atoms with E-state index in [0.717, 1.165) is 9.35 Å². The number of carboxylic acid groups (broad SMARTS) is 1. The highest BCUT2D eigenvalue weighted by atomic mass is 79.9. The molecule has 1 unspecified atom stereocenters. The summed E-state index contributed by atoms with van der Waals surface area (Å²) < 4.78 is 5.81. The van der Waals surface area contributed by atoms with Gasteiger partial charge >= 0.3 is 12.1 Å². The molecular formula is C14H12BrNO4S. The van der Waals surface area contributed by atoms with Gasteiger partial charge < -0.3 is 15.2 Å². The number of halogens is 1. The Balaban J connectivity index is 1.94. The number of benzene rings is 1. The fourth-order valence-electron chi connectivity index (χ4n) is 1.62. The number of carbonyl (C=O) groups excluding carboxylic acids is 1. The molecule has 0 aliphatic heterocycles. The summed E-state index contributed by atoms with van der Waals surface area (Å²) in [6.45, 7) is 0.0904. The van der Waals surface area contributed by atoms with Gasteiger partial charge in [-0.15, -0.1) is 11.3 Å². The number of nitrogens with one attached hydrogen (secondary N) is 1. The van der Waals surface area contributed by atoms with Crippen molar-refractivity contribution in [1.29, 1.82) is 0 Å². The van der Waals surface area contributed by atoms with Crippen molar-refractivity contribution in [1.82, 2.24) is 5.32 Å². The van der Waals surface area contributed by atoms with Crippen LogP contribution in [0.5, 0.6) is 0 Å². The largest absolute Gasteiger partial charge is 0.479 e. The quantitative estimate of drug-likeness (QED) is 0.844. The van der Waals surface area contributed by atoms with Crippen molar-refractivity contribution in [2.24, 2.45) is 0 Å². The van der Waals surface area contributed by atoms with Crippen LogP contribution in [0.25, 0.3) is 0 Å². The molecule has 2 aromatic rings. The lowest BCUT2D eigenvalue weighted by molar-refractivity contribution is -0.139. The molecule has 7 heteroatoms. The number of carboxylic acids is 1. The summed E-state index contributed by atoms with van der Waals surface area (Å²) in [4.78, 5) is 23.5. The second-order valence-corrected chi connectivity index (χ2v) is 6.61. The zero-order valence-corrected chi connectivity index (χ0v) is 13.2. The number of hydrogen-bond donors (Lipinski definition) is 2. The third-order valence-corrected chi connectivity index (χ3v) is 4.29. The summed E-state index contributed by atoms with van der Waals surface area (Å²) in [6, 6.07) is 11.4. The average Bonchev–Trinajstić information content (AvgIpc) is 2.89. The molecule has 1 aromatic heterocycles. The molecule has 21 heavy (non-hydrogen) atoms. The van der Waals surface area contributed by atoms with Gasteiger partial charge in [0.05, 0.1) is 3.79 Å². The fourth-order valence-corrected chi connectivity index (χ4v) is 3.09. The third kappa shape index (κ3) is 4.57. The molecule has 5 nitrogen and oxygen atoms in total. The van der Waals surface area contributed by atoms with Crippen molar-refractivity contribution in [3.63, 3.8) is 0 Å². The van der Waals surface area contributed by atoms with Gasteiger partial charge in [0.1, 0.15) is 6.61 Å². The SMILES string of the molecule is O=C(NC(C(=O)O)c1ccc(Br)s1)OCc1ccccc1. The Morgan fingerprint density at radius 2 is 1.95 bits per heavy atom. The van der Waals surface area contributed by atoms with Crippen molar-refractivity contribution in [2.45, 2.75) is 12.6 Å². The van der Waals surface area contributed by atoms with Gasteiger partial charge in [-0.3, -0.25) is 0 Å². The number of thiophene rings is 1. The minimum atomic E-state index is -1.14. The van der Waals surface area contributed by atoms with Crippen molar-refractivity contribution < 1.29 is 19.4 Å². The Hall–Kier alpha value is -1.86. The summed E-state index contributed by atoms with van der Waals surface area (Å²) in [7, 11) is 0. The first-order valence-electron chi connectivity index (χ1n) is 6.01. The van der Waals surface area contributed by atoms with Crippen LogP contribution in [-0.2, 0) is 16.1 Å². The minimum Gasteiger partial charge on any atom is -0.479 e. The van der Waals surface area contributed by atoms with Crippen LogP contribution >= 0.6 is 27.3 Å². The molecule has 0 spiro atoms. The average molecular weight is 370 g/mol. The van der Waals surface area contributed by atoms with E-state index in [1.807, 2.05) is 30.3 Å². The summed E-state index contributed by atoms with van der Waals surface area (Å²) in [6.07, 6.45) is -0.768. The molecule has 0 aliphatic carbocycles. The Morgan fingerprint density at radius 1 is 1.24 bits per heavy atom. The van der Waals surface area contributed by atoms with Gasteiger partial charge in [-0.1, -0.05) is 30.3 Å². The maximum Gasteiger partial charge on any atom is 0.408 e. The smallest absolute Gasteiger partial charge is 0.408 e. The van der Waals surface area contributed by atoms with Crippen LogP contribution in [0.1, 0.15) is 16.5 Å². The number of alkyl carbamates (subject to hydrolysis) is 1. The van der Waals surface area contributed by atoms with Crippen LogP contribution in [-0.4, -0.2) is 17.2 Å². The number of aliphatic carboxylic acids is 1. The minimum absolute atomic E-state index is 0.0904. The Kier molecular flexibility index (Phi) is 5.35. The van der Waals surface area contributed by atoms with Gasteiger partial charge in [0.25, 0.3) is 0 Å². The van der Waals surface area contributed by atoms with Gasteiger partial charge in [-0.05, 0) is 33.6 Å². The van der Waals surface area contributed by atoms with E-state index >= 15 is 0 Å². The molecular weight excluding hydrogens is 358 g/mol. The van der Waals surface area contributed by atoms with Crippen LogP contribution in [0.4, 0.5) is 4.79 Å². The van der Waals surface area contributed by atoms with Gasteiger partial charge in [0.15, 0.2) is 6.04 Å². The topological polar surface area (TPSA) is 75.6 Å². The highest BCUT2D eigenvalue weighted by molar-refractivity contribution is 9.11. The highest BCUT2D eigenvalue weighted by Crippen LogP contribution is 2.27. The molecule has 1 atom stereocenters. The number of rotatable bonds is 5. The van der Waals surface area contributed by atoms with E-state index in [4.69, 9.17) is 4.74 Å². The van der Waals surface area contributed by atoms with E-state index < -0.39 is 18.1 Å². The molecule has 2 N–H and O–H groups in total. The Morgan fingerprint density at radius 3 is 2.52 bits per heavy atom. The zero-order chi connectivity index (χ0) is 15.2. The fraction of sp³-hybridized carbons (Fsp3) is 0.143. The predicted octanol–water partition coefficient (Wildman–Crippen LogP) is 3.56. The summed E-state index contributed by atoms with van der Waals surface area (Å²) in [5.41, 5.74) is 0.832. The van der Waals surface area contributed by atoms with Crippen LogP contribution in [0.3, 0.4) is 0 Å². The highest BCUT2D eigenvalue weighted by Gasteiger charge is 2.24. The second kappa shape index (κ2) is 7.24. The lowest BCUT2D eigenvalue weighted by Crippen LogP contribution is -2.33. The number of amides is 1. The zero-order valence-electron chi connectivity index (χ0n) is 10.8. The first-order chi connectivity index (χ1) is 10.1. The van der Waals surface area contributed by atoms with Gasteiger partial charge in [-0.2, -0.15) is 0 Å². The first-order valence-corrected chi connectivity index (χ1v) is 7.62. The van der Waals surface area contributed by atoms with Crippen molar-refractivity contribution in [2.75, 3.05) is 0 Å². The molecule has 2 rings (SSSR count). The van der Waals surface area contributed by atoms with E-state index in [2.05, 4.69) is 21.2 Å². The van der Waals surface area contributed by atoms with E-state index in [0.29, 0.717) is 4.88 Å². The molecule has 0 aliphatic rings.